The van der Waals surface area contributed by atoms with Crippen molar-refractivity contribution in [2.75, 3.05) is 20.3 Å². The van der Waals surface area contributed by atoms with Crippen LogP contribution in [-0.2, 0) is 11.2 Å². The zero-order chi connectivity index (χ0) is 11.7. The van der Waals surface area contributed by atoms with Gasteiger partial charge in [0.05, 0.1) is 12.7 Å². The zero-order valence-corrected chi connectivity index (χ0v) is 10.2. The normalized spacial score (nSPS) is 27.6. The molecule has 0 radical (unpaired) electrons. The molecule has 1 N–H and O–H groups in total. The van der Waals surface area contributed by atoms with E-state index in [2.05, 4.69) is 23.5 Å². The predicted octanol–water partition coefficient (Wildman–Crippen LogP) is 2.06. The standard InChI is InChI=1S/C14H19NO2/c1-15-12-5-7-17-14(9-12)10-2-3-13-11(8-10)4-6-16-13/h2-3,8,12,14-15H,4-7,9H2,1H3. The first kappa shape index (κ1) is 11.1. The molecule has 2 aliphatic heterocycles. The molecule has 2 heterocycles. The molecule has 3 rings (SSSR count). The van der Waals surface area contributed by atoms with E-state index in [9.17, 15) is 0 Å². The Morgan fingerprint density at radius 2 is 2.24 bits per heavy atom. The van der Waals surface area contributed by atoms with Crippen LogP contribution in [0.15, 0.2) is 18.2 Å². The lowest BCUT2D eigenvalue weighted by molar-refractivity contribution is 0.00151. The highest BCUT2D eigenvalue weighted by atomic mass is 16.5. The van der Waals surface area contributed by atoms with Gasteiger partial charge < -0.3 is 14.8 Å². The van der Waals surface area contributed by atoms with Crippen molar-refractivity contribution in [2.24, 2.45) is 0 Å². The summed E-state index contributed by atoms with van der Waals surface area (Å²) >= 11 is 0. The molecule has 0 saturated carbocycles. The Bertz CT molecular complexity index is 405. The van der Waals surface area contributed by atoms with Crippen LogP contribution in [-0.4, -0.2) is 26.3 Å². The first-order valence-electron chi connectivity index (χ1n) is 6.41. The molecule has 0 amide bonds. The quantitative estimate of drug-likeness (QED) is 0.848. The highest BCUT2D eigenvalue weighted by Crippen LogP contribution is 2.33. The van der Waals surface area contributed by atoms with E-state index in [0.29, 0.717) is 6.04 Å². The number of ether oxygens (including phenoxy) is 2. The maximum Gasteiger partial charge on any atom is 0.122 e. The fraction of sp³-hybridized carbons (Fsp3) is 0.571. The van der Waals surface area contributed by atoms with Gasteiger partial charge in [-0.05, 0) is 43.1 Å². The van der Waals surface area contributed by atoms with Gasteiger partial charge in [0.1, 0.15) is 5.75 Å². The molecule has 92 valence electrons. The summed E-state index contributed by atoms with van der Waals surface area (Å²) in [6.07, 6.45) is 3.45. The van der Waals surface area contributed by atoms with Crippen molar-refractivity contribution in [1.82, 2.24) is 5.32 Å². The van der Waals surface area contributed by atoms with Crippen molar-refractivity contribution in [3.63, 3.8) is 0 Å². The van der Waals surface area contributed by atoms with Crippen LogP contribution in [0.2, 0.25) is 0 Å². The molecule has 2 aliphatic rings. The van der Waals surface area contributed by atoms with Gasteiger partial charge in [-0.1, -0.05) is 6.07 Å². The van der Waals surface area contributed by atoms with Crippen molar-refractivity contribution < 1.29 is 9.47 Å². The molecular weight excluding hydrogens is 214 g/mol. The smallest absolute Gasteiger partial charge is 0.122 e. The Morgan fingerprint density at radius 1 is 1.29 bits per heavy atom. The Hall–Kier alpha value is -1.06. The SMILES string of the molecule is CNC1CCOC(c2ccc3c(c2)CCO3)C1. The number of nitrogens with one attached hydrogen (secondary N) is 1. The molecule has 3 heteroatoms. The highest BCUT2D eigenvalue weighted by Gasteiger charge is 2.24. The van der Waals surface area contributed by atoms with Gasteiger partial charge in [0.2, 0.25) is 0 Å². The molecular formula is C14H19NO2. The molecule has 0 aliphatic carbocycles. The van der Waals surface area contributed by atoms with E-state index in [1.54, 1.807) is 0 Å². The van der Waals surface area contributed by atoms with Crippen LogP contribution >= 0.6 is 0 Å². The van der Waals surface area contributed by atoms with E-state index in [0.717, 1.165) is 38.2 Å². The monoisotopic (exact) mass is 233 g/mol. The first-order valence-corrected chi connectivity index (χ1v) is 6.41. The molecule has 0 aromatic heterocycles. The van der Waals surface area contributed by atoms with E-state index < -0.39 is 0 Å². The zero-order valence-electron chi connectivity index (χ0n) is 10.2. The summed E-state index contributed by atoms with van der Waals surface area (Å²) in [7, 11) is 2.03. The van der Waals surface area contributed by atoms with Gasteiger partial charge >= 0.3 is 0 Å². The minimum atomic E-state index is 0.243. The van der Waals surface area contributed by atoms with E-state index >= 15 is 0 Å². The van der Waals surface area contributed by atoms with Crippen molar-refractivity contribution in [3.8, 4) is 5.75 Å². The van der Waals surface area contributed by atoms with E-state index in [1.807, 2.05) is 7.05 Å². The molecule has 3 nitrogen and oxygen atoms in total. The summed E-state index contributed by atoms with van der Waals surface area (Å²) in [5.74, 6) is 1.05. The molecule has 2 atom stereocenters. The van der Waals surface area contributed by atoms with E-state index in [-0.39, 0.29) is 6.10 Å². The van der Waals surface area contributed by atoms with Crippen LogP contribution in [0.4, 0.5) is 0 Å². The van der Waals surface area contributed by atoms with Gasteiger partial charge in [0.15, 0.2) is 0 Å². The van der Waals surface area contributed by atoms with Crippen molar-refractivity contribution in [3.05, 3.63) is 29.3 Å². The molecule has 1 aromatic carbocycles. The Labute approximate surface area is 102 Å². The summed E-state index contributed by atoms with van der Waals surface area (Å²) < 4.78 is 11.4. The Balaban J connectivity index is 1.79. The van der Waals surface area contributed by atoms with Crippen LogP contribution < -0.4 is 10.1 Å². The number of hydrogen-bond acceptors (Lipinski definition) is 3. The maximum absolute atomic E-state index is 5.88. The molecule has 1 aromatic rings. The lowest BCUT2D eigenvalue weighted by Gasteiger charge is -2.29. The third-order valence-corrected chi connectivity index (χ3v) is 3.78. The van der Waals surface area contributed by atoms with Crippen molar-refractivity contribution in [1.29, 1.82) is 0 Å². The fourth-order valence-corrected chi connectivity index (χ4v) is 2.70. The number of rotatable bonds is 2. The van der Waals surface area contributed by atoms with Gasteiger partial charge in [0, 0.05) is 19.1 Å². The van der Waals surface area contributed by atoms with Crippen LogP contribution in [0.25, 0.3) is 0 Å². The second kappa shape index (κ2) is 4.67. The number of fused-ring (bicyclic) bond motifs is 1. The van der Waals surface area contributed by atoms with E-state index in [4.69, 9.17) is 9.47 Å². The van der Waals surface area contributed by atoms with Gasteiger partial charge in [-0.3, -0.25) is 0 Å². The van der Waals surface area contributed by atoms with Crippen molar-refractivity contribution >= 4 is 0 Å². The lowest BCUT2D eigenvalue weighted by Crippen LogP contribution is -2.33. The first-order chi connectivity index (χ1) is 8.36. The molecule has 17 heavy (non-hydrogen) atoms. The van der Waals surface area contributed by atoms with Crippen LogP contribution in [0.1, 0.15) is 30.1 Å². The van der Waals surface area contributed by atoms with Gasteiger partial charge in [-0.25, -0.2) is 0 Å². The molecule has 2 unspecified atom stereocenters. The third-order valence-electron chi connectivity index (χ3n) is 3.78. The minimum Gasteiger partial charge on any atom is -0.493 e. The average molecular weight is 233 g/mol. The van der Waals surface area contributed by atoms with Crippen LogP contribution in [0, 0.1) is 0 Å². The summed E-state index contributed by atoms with van der Waals surface area (Å²) in [4.78, 5) is 0. The number of hydrogen-bond donors (Lipinski definition) is 1. The highest BCUT2D eigenvalue weighted by molar-refractivity contribution is 5.40. The summed E-state index contributed by atoms with van der Waals surface area (Å²) in [5, 5.41) is 3.35. The van der Waals surface area contributed by atoms with Gasteiger partial charge in [0.25, 0.3) is 0 Å². The maximum atomic E-state index is 5.88. The van der Waals surface area contributed by atoms with Gasteiger partial charge in [-0.2, -0.15) is 0 Å². The van der Waals surface area contributed by atoms with Crippen molar-refractivity contribution in [2.45, 2.75) is 31.4 Å². The Morgan fingerprint density at radius 3 is 3.12 bits per heavy atom. The largest absolute Gasteiger partial charge is 0.493 e. The van der Waals surface area contributed by atoms with Crippen LogP contribution in [0.5, 0.6) is 5.75 Å². The minimum absolute atomic E-state index is 0.243. The summed E-state index contributed by atoms with van der Waals surface area (Å²) in [5.41, 5.74) is 2.63. The van der Waals surface area contributed by atoms with Crippen LogP contribution in [0.3, 0.4) is 0 Å². The second-order valence-electron chi connectivity index (χ2n) is 4.84. The average Bonchev–Trinajstić information content (AvgIpc) is 2.86. The topological polar surface area (TPSA) is 30.5 Å². The van der Waals surface area contributed by atoms with E-state index in [1.165, 1.54) is 11.1 Å². The Kier molecular flexibility index (Phi) is 3.04. The fourth-order valence-electron chi connectivity index (χ4n) is 2.70. The molecule has 0 spiro atoms. The summed E-state index contributed by atoms with van der Waals surface area (Å²) in [6.45, 7) is 1.67. The molecule has 0 bridgehead atoms. The second-order valence-corrected chi connectivity index (χ2v) is 4.84. The predicted molar refractivity (Wildman–Crippen MR) is 66.4 cm³/mol. The lowest BCUT2D eigenvalue weighted by atomic mass is 9.96. The third kappa shape index (κ3) is 2.17. The molecule has 1 saturated heterocycles. The molecule has 1 fully saturated rings. The summed E-state index contributed by atoms with van der Waals surface area (Å²) in [6, 6.07) is 7.07. The van der Waals surface area contributed by atoms with Gasteiger partial charge in [-0.15, -0.1) is 0 Å². The number of benzene rings is 1.